The number of carboxylic acid groups (broad SMARTS) is 1. The van der Waals surface area contributed by atoms with Crippen LogP contribution in [0, 0.1) is 23.7 Å². The van der Waals surface area contributed by atoms with Gasteiger partial charge in [0.1, 0.15) is 0 Å². The minimum absolute atomic E-state index is 0.0966. The summed E-state index contributed by atoms with van der Waals surface area (Å²) in [6.07, 6.45) is 4.59. The molecule has 4 heteroatoms. The highest BCUT2D eigenvalue weighted by Crippen LogP contribution is 2.40. The number of nitrogens with zero attached hydrogens (tertiary/aromatic N) is 1. The fraction of sp³-hybridized carbons (Fsp3) is 0.867. The van der Waals surface area contributed by atoms with Gasteiger partial charge in [0.2, 0.25) is 5.91 Å². The van der Waals surface area contributed by atoms with Gasteiger partial charge in [-0.25, -0.2) is 0 Å². The summed E-state index contributed by atoms with van der Waals surface area (Å²) in [4.78, 5) is 25.8. The van der Waals surface area contributed by atoms with E-state index < -0.39 is 11.9 Å². The maximum absolute atomic E-state index is 12.5. The Morgan fingerprint density at radius 3 is 2.26 bits per heavy atom. The van der Waals surface area contributed by atoms with Crippen molar-refractivity contribution < 1.29 is 14.7 Å². The van der Waals surface area contributed by atoms with Gasteiger partial charge in [-0.05, 0) is 31.1 Å². The van der Waals surface area contributed by atoms with E-state index in [1.165, 1.54) is 0 Å². The molecular weight excluding hydrogens is 242 g/mol. The Kier molecular flexibility index (Phi) is 4.48. The Morgan fingerprint density at radius 2 is 1.74 bits per heavy atom. The fourth-order valence-corrected chi connectivity index (χ4v) is 3.62. The average molecular weight is 267 g/mol. The number of hydrogen-bond acceptors (Lipinski definition) is 2. The van der Waals surface area contributed by atoms with Gasteiger partial charge in [0.15, 0.2) is 0 Å². The van der Waals surface area contributed by atoms with Gasteiger partial charge in [-0.2, -0.15) is 0 Å². The molecule has 1 saturated carbocycles. The minimum Gasteiger partial charge on any atom is -0.481 e. The SMILES string of the molecule is CCC1CC(C(=O)O)C(C(=O)N2CCC(CC)C2)C1. The van der Waals surface area contributed by atoms with E-state index in [1.807, 2.05) is 4.90 Å². The van der Waals surface area contributed by atoms with Crippen LogP contribution in [-0.2, 0) is 9.59 Å². The van der Waals surface area contributed by atoms with Crippen molar-refractivity contribution >= 4 is 11.9 Å². The van der Waals surface area contributed by atoms with Crippen molar-refractivity contribution in [3.8, 4) is 0 Å². The fourth-order valence-electron chi connectivity index (χ4n) is 3.62. The zero-order valence-electron chi connectivity index (χ0n) is 12.0. The molecule has 1 aliphatic carbocycles. The summed E-state index contributed by atoms with van der Waals surface area (Å²) < 4.78 is 0. The number of rotatable bonds is 4. The first-order chi connectivity index (χ1) is 9.06. The van der Waals surface area contributed by atoms with Gasteiger partial charge in [0.05, 0.1) is 11.8 Å². The van der Waals surface area contributed by atoms with Gasteiger partial charge in [-0.15, -0.1) is 0 Å². The average Bonchev–Trinajstić information content (AvgIpc) is 3.04. The van der Waals surface area contributed by atoms with Gasteiger partial charge in [0, 0.05) is 13.1 Å². The number of carbonyl (C=O) groups is 2. The molecule has 0 aromatic heterocycles. The molecule has 0 aromatic carbocycles. The van der Waals surface area contributed by atoms with E-state index in [-0.39, 0.29) is 11.8 Å². The summed E-state index contributed by atoms with van der Waals surface area (Å²) in [5, 5.41) is 9.32. The number of hydrogen-bond donors (Lipinski definition) is 1. The van der Waals surface area contributed by atoms with E-state index in [0.29, 0.717) is 18.3 Å². The van der Waals surface area contributed by atoms with Crippen molar-refractivity contribution in [2.24, 2.45) is 23.7 Å². The summed E-state index contributed by atoms with van der Waals surface area (Å²) in [6, 6.07) is 0. The molecule has 108 valence electrons. The molecule has 1 saturated heterocycles. The first-order valence-electron chi connectivity index (χ1n) is 7.58. The molecule has 1 N–H and O–H groups in total. The van der Waals surface area contributed by atoms with Crippen LogP contribution >= 0.6 is 0 Å². The third-order valence-electron chi connectivity index (χ3n) is 5.05. The van der Waals surface area contributed by atoms with E-state index >= 15 is 0 Å². The largest absolute Gasteiger partial charge is 0.481 e. The lowest BCUT2D eigenvalue weighted by atomic mass is 9.95. The lowest BCUT2D eigenvalue weighted by Crippen LogP contribution is -2.37. The second-order valence-electron chi connectivity index (χ2n) is 6.14. The zero-order valence-corrected chi connectivity index (χ0v) is 12.0. The van der Waals surface area contributed by atoms with Crippen LogP contribution in [0.25, 0.3) is 0 Å². The standard InChI is InChI=1S/C15H25NO3/c1-3-10-5-6-16(9-10)14(17)12-7-11(4-2)8-13(12)15(18)19/h10-13H,3-9H2,1-2H3,(H,18,19). The highest BCUT2D eigenvalue weighted by Gasteiger charge is 2.44. The molecule has 4 nitrogen and oxygen atoms in total. The van der Waals surface area contributed by atoms with Crippen LogP contribution in [0.4, 0.5) is 0 Å². The lowest BCUT2D eigenvalue weighted by Gasteiger charge is -2.23. The van der Waals surface area contributed by atoms with Crippen LogP contribution in [0.3, 0.4) is 0 Å². The second kappa shape index (κ2) is 5.93. The van der Waals surface area contributed by atoms with Crippen molar-refractivity contribution in [2.75, 3.05) is 13.1 Å². The van der Waals surface area contributed by atoms with Gasteiger partial charge >= 0.3 is 5.97 Å². The van der Waals surface area contributed by atoms with Crippen molar-refractivity contribution in [1.29, 1.82) is 0 Å². The van der Waals surface area contributed by atoms with E-state index in [0.717, 1.165) is 38.8 Å². The van der Waals surface area contributed by atoms with E-state index in [9.17, 15) is 14.7 Å². The molecule has 0 spiro atoms. The Hall–Kier alpha value is -1.06. The maximum Gasteiger partial charge on any atom is 0.307 e. The van der Waals surface area contributed by atoms with Crippen molar-refractivity contribution in [3.05, 3.63) is 0 Å². The number of carboxylic acids is 1. The molecule has 0 aromatic rings. The van der Waals surface area contributed by atoms with E-state index in [4.69, 9.17) is 0 Å². The molecule has 2 aliphatic rings. The molecule has 19 heavy (non-hydrogen) atoms. The molecule has 4 unspecified atom stereocenters. The van der Waals surface area contributed by atoms with Crippen LogP contribution < -0.4 is 0 Å². The Morgan fingerprint density at radius 1 is 1.11 bits per heavy atom. The van der Waals surface area contributed by atoms with Crippen molar-refractivity contribution in [2.45, 2.75) is 46.0 Å². The Bertz CT molecular complexity index is 355. The van der Waals surface area contributed by atoms with Gasteiger partial charge in [-0.1, -0.05) is 26.7 Å². The van der Waals surface area contributed by atoms with Crippen LogP contribution in [0.2, 0.25) is 0 Å². The summed E-state index contributed by atoms with van der Waals surface area (Å²) >= 11 is 0. The molecular formula is C15H25NO3. The summed E-state index contributed by atoms with van der Waals surface area (Å²) in [6.45, 7) is 5.88. The summed E-state index contributed by atoms with van der Waals surface area (Å²) in [5.41, 5.74) is 0. The molecule has 4 atom stereocenters. The van der Waals surface area contributed by atoms with Crippen LogP contribution in [-0.4, -0.2) is 35.0 Å². The Balaban J connectivity index is 2.03. The van der Waals surface area contributed by atoms with Gasteiger partial charge in [-0.3, -0.25) is 9.59 Å². The third-order valence-corrected chi connectivity index (χ3v) is 5.05. The van der Waals surface area contributed by atoms with Gasteiger partial charge < -0.3 is 10.0 Å². The minimum atomic E-state index is -0.791. The van der Waals surface area contributed by atoms with Crippen LogP contribution in [0.5, 0.6) is 0 Å². The van der Waals surface area contributed by atoms with Crippen LogP contribution in [0.15, 0.2) is 0 Å². The van der Waals surface area contributed by atoms with E-state index in [1.54, 1.807) is 0 Å². The zero-order chi connectivity index (χ0) is 14.0. The highest BCUT2D eigenvalue weighted by molar-refractivity contribution is 5.85. The molecule has 2 rings (SSSR count). The number of likely N-dealkylation sites (tertiary alicyclic amines) is 1. The van der Waals surface area contributed by atoms with Crippen molar-refractivity contribution in [3.63, 3.8) is 0 Å². The predicted molar refractivity (Wildman–Crippen MR) is 72.6 cm³/mol. The third kappa shape index (κ3) is 2.93. The number of aliphatic carboxylic acids is 1. The van der Waals surface area contributed by atoms with Crippen molar-refractivity contribution in [1.82, 2.24) is 4.90 Å². The Labute approximate surface area is 115 Å². The lowest BCUT2D eigenvalue weighted by molar-refractivity contribution is -0.148. The monoisotopic (exact) mass is 267 g/mol. The molecule has 0 radical (unpaired) electrons. The molecule has 2 fully saturated rings. The first-order valence-corrected chi connectivity index (χ1v) is 7.58. The second-order valence-corrected chi connectivity index (χ2v) is 6.14. The topological polar surface area (TPSA) is 57.6 Å². The molecule has 1 amide bonds. The smallest absolute Gasteiger partial charge is 0.307 e. The highest BCUT2D eigenvalue weighted by atomic mass is 16.4. The molecule has 0 bridgehead atoms. The van der Waals surface area contributed by atoms with E-state index in [2.05, 4.69) is 13.8 Å². The normalized spacial score (nSPS) is 34.7. The number of amides is 1. The van der Waals surface area contributed by atoms with Crippen LogP contribution in [0.1, 0.15) is 46.0 Å². The number of carbonyl (C=O) groups excluding carboxylic acids is 1. The maximum atomic E-state index is 12.5. The summed E-state index contributed by atoms with van der Waals surface area (Å²) in [5.74, 6) is -0.425. The predicted octanol–water partition coefficient (Wildman–Crippen LogP) is 2.38. The quantitative estimate of drug-likeness (QED) is 0.850. The molecule has 1 heterocycles. The first kappa shape index (κ1) is 14.4. The van der Waals surface area contributed by atoms with Gasteiger partial charge in [0.25, 0.3) is 0 Å². The summed E-state index contributed by atoms with van der Waals surface area (Å²) in [7, 11) is 0. The molecule has 1 aliphatic heterocycles.